The Hall–Kier alpha value is -3.32. The monoisotopic (exact) mass is 1590 g/mol. The summed E-state index contributed by atoms with van der Waals surface area (Å²) in [7, 11) is 4.43. The second-order valence-electron chi connectivity index (χ2n) is 29.5. The van der Waals surface area contributed by atoms with E-state index in [9.17, 15) is 0 Å². The first-order valence-electron chi connectivity index (χ1n) is 48.3. The van der Waals surface area contributed by atoms with Gasteiger partial charge >= 0.3 is 0 Å². The molecule has 0 unspecified atom stereocenters. The number of unbranched alkanes of at least 4 members (excludes halogenated alkanes) is 4. The summed E-state index contributed by atoms with van der Waals surface area (Å²) < 4.78 is 0. The first-order chi connectivity index (χ1) is 54.5. The molecule has 7 rings (SSSR count). The molecule has 1 aromatic carbocycles. The van der Waals surface area contributed by atoms with Crippen molar-refractivity contribution in [3.05, 3.63) is 148 Å². The van der Waals surface area contributed by atoms with Crippen LogP contribution >= 0.6 is 0 Å². The molecule has 0 aromatic heterocycles. The summed E-state index contributed by atoms with van der Waals surface area (Å²) in [5.74, 6) is 4.15. The third-order valence-electron chi connectivity index (χ3n) is 17.9. The van der Waals surface area contributed by atoms with Gasteiger partial charge in [-0.25, -0.2) is 0 Å². The molecule has 5 heterocycles. The van der Waals surface area contributed by atoms with Crippen molar-refractivity contribution in [1.29, 1.82) is 0 Å². The zero-order valence-electron chi connectivity index (χ0n) is 85.8. The molecule has 0 atom stereocenters. The number of rotatable bonds is 13. The van der Waals surface area contributed by atoms with Crippen LogP contribution in [0.1, 0.15) is 432 Å². The van der Waals surface area contributed by atoms with E-state index in [2.05, 4.69) is 274 Å². The lowest BCUT2D eigenvalue weighted by atomic mass is 9.82. The summed E-state index contributed by atoms with van der Waals surface area (Å²) in [6.07, 6.45) is 67.1. The Morgan fingerprint density at radius 2 is 0.575 bits per heavy atom. The smallest absolute Gasteiger partial charge is 0.00188 e. The van der Waals surface area contributed by atoms with Gasteiger partial charge in [0.15, 0.2) is 0 Å². The second kappa shape index (κ2) is 153. The number of allylic oxidation sites excluding steroid dienone is 12. The minimum atomic E-state index is 1.02. The summed E-state index contributed by atoms with van der Waals surface area (Å²) in [6, 6.07) is 8.66. The molecule has 0 bridgehead atoms. The number of benzene rings is 1. The Morgan fingerprint density at radius 3 is 0.717 bits per heavy atom. The summed E-state index contributed by atoms with van der Waals surface area (Å²) in [6.45, 7) is 107. The van der Waals surface area contributed by atoms with Crippen molar-refractivity contribution >= 4 is 0 Å². The van der Waals surface area contributed by atoms with Crippen molar-refractivity contribution in [2.24, 2.45) is 23.7 Å². The number of piperidine rings is 5. The van der Waals surface area contributed by atoms with Gasteiger partial charge in [-0.2, -0.15) is 0 Å². The van der Waals surface area contributed by atoms with Crippen molar-refractivity contribution in [2.75, 3.05) is 99.2 Å². The fraction of sp³-hybridized carbons (Fsp3) is 0.778. The van der Waals surface area contributed by atoms with Gasteiger partial charge in [0.05, 0.1) is 0 Å². The molecule has 6 fully saturated rings. The Kier molecular flexibility index (Phi) is 196. The van der Waals surface area contributed by atoms with Gasteiger partial charge in [0.2, 0.25) is 0 Å². The maximum Gasteiger partial charge on any atom is -0.00188 e. The van der Waals surface area contributed by atoms with E-state index in [1.807, 2.05) is 106 Å². The van der Waals surface area contributed by atoms with Gasteiger partial charge in [-0.15, -0.1) is 32.9 Å². The zero-order valence-corrected chi connectivity index (χ0v) is 85.8. The van der Waals surface area contributed by atoms with Crippen LogP contribution in [0.4, 0.5) is 0 Å². The van der Waals surface area contributed by atoms with Crippen LogP contribution in [0, 0.1) is 30.6 Å². The highest BCUT2D eigenvalue weighted by molar-refractivity contribution is 5.20. The van der Waals surface area contributed by atoms with E-state index in [0.29, 0.717) is 0 Å². The average Bonchev–Trinajstić information content (AvgIpc) is 0.945. The van der Waals surface area contributed by atoms with Crippen LogP contribution in [-0.2, 0) is 6.42 Å². The Bertz CT molecular complexity index is 1550. The van der Waals surface area contributed by atoms with Gasteiger partial charge < -0.3 is 24.5 Å². The SMILES string of the molecule is C=C.C=CC.C=CC.C=CC.C=CC=CC.CC.CC=CC.CC=CC.CC=CCCC.CCC.CCC.CCC.CCC1CCC(C)CC1.CCC1CCN(C)CC1.CCC1CCN(C)CC1.CCCC.CCCC.CCCC.CCN1CCCCC1.CCN1CCCCC1.CCN1CCCCC1.CCc1ccc(C)cc1. The van der Waals surface area contributed by atoms with Crippen LogP contribution in [0.25, 0.3) is 0 Å². The highest BCUT2D eigenvalue weighted by atomic mass is 15.1. The molecular formula is C108H227N5. The molecule has 0 N–H and O–H groups in total. The predicted molar refractivity (Wildman–Crippen MR) is 546 cm³/mol. The molecule has 5 aliphatic heterocycles. The number of likely N-dealkylation sites (tertiary alicyclic amines) is 5. The molecule has 5 heteroatoms. The second-order valence-corrected chi connectivity index (χ2v) is 29.5. The molecule has 0 amide bonds. The lowest BCUT2D eigenvalue weighted by Gasteiger charge is -2.27. The van der Waals surface area contributed by atoms with E-state index < -0.39 is 0 Å². The van der Waals surface area contributed by atoms with Crippen LogP contribution in [-0.4, -0.2) is 124 Å². The van der Waals surface area contributed by atoms with Gasteiger partial charge in [-0.3, -0.25) is 0 Å². The standard InChI is InChI=1S/C9H18.C9H12.2C8H17N.3C7H15N.C6H12.C5H8.3C4H10.2C4H8.3C3H8.3C3H6.C2H6.C2H4/c2*1-3-9-6-4-8(2)5-7-9;2*1-3-8-4-6-9(2)7-5-8;3*1-2-8-6-4-3-5-7-8;1-3-5-6-4-2;1-3-5-4-2;5*1-3-4-2;6*1-3-2;2*1-2/h8-9H,3-7H2,1-2H3;4-7H,3H2,1-2H3;2*8H,3-7H2,1-2H3;3*2-7H2,1H3;3,5H,4,6H2,1-2H3;3-5H,1H2,2H3;3*3-4H2,1-2H3;2*3-4H,1-2H3;3*3H2,1-2H3;3*3H,1H2,2H3;1-2H3;1-2H2. The van der Waals surface area contributed by atoms with Gasteiger partial charge in [0, 0.05) is 0 Å². The highest BCUT2D eigenvalue weighted by Crippen LogP contribution is 2.30. The minimum Gasteiger partial charge on any atom is -0.306 e. The van der Waals surface area contributed by atoms with Crippen molar-refractivity contribution in [3.63, 3.8) is 0 Å². The molecule has 5 nitrogen and oxygen atoms in total. The average molecular weight is 1600 g/mol. The molecule has 0 spiro atoms. The summed E-state index contributed by atoms with van der Waals surface area (Å²) in [4.78, 5) is 12.4. The van der Waals surface area contributed by atoms with Gasteiger partial charge in [-0.1, -0.05) is 397 Å². The molecule has 1 saturated carbocycles. The van der Waals surface area contributed by atoms with Crippen LogP contribution < -0.4 is 0 Å². The molecular weight excluding hydrogens is 1370 g/mol. The van der Waals surface area contributed by atoms with E-state index in [-0.39, 0.29) is 0 Å². The van der Waals surface area contributed by atoms with Gasteiger partial charge in [0.1, 0.15) is 0 Å². The molecule has 113 heavy (non-hydrogen) atoms. The number of hydrogen-bond donors (Lipinski definition) is 0. The third-order valence-corrected chi connectivity index (χ3v) is 17.9. The summed E-state index contributed by atoms with van der Waals surface area (Å²) >= 11 is 0. The normalized spacial score (nSPS) is 16.0. The lowest BCUT2D eigenvalue weighted by molar-refractivity contribution is 0.216. The quantitative estimate of drug-likeness (QED) is 0.144. The maximum absolute atomic E-state index is 3.46. The number of hydrogen-bond acceptors (Lipinski definition) is 5. The Labute approximate surface area is 724 Å². The Morgan fingerprint density at radius 1 is 0.336 bits per heavy atom. The molecule has 1 aromatic rings. The number of nitrogens with zero attached hydrogens (tertiary/aromatic N) is 5. The third kappa shape index (κ3) is 172. The molecule has 5 saturated heterocycles. The summed E-state index contributed by atoms with van der Waals surface area (Å²) in [5.41, 5.74) is 2.76. The van der Waals surface area contributed by atoms with Gasteiger partial charge in [-0.05, 0) is 275 Å². The number of aryl methyl sites for hydroxylation is 2. The summed E-state index contributed by atoms with van der Waals surface area (Å²) in [5, 5.41) is 0. The topological polar surface area (TPSA) is 16.2 Å². The van der Waals surface area contributed by atoms with E-state index in [4.69, 9.17) is 0 Å². The molecule has 1 aliphatic carbocycles. The lowest BCUT2D eigenvalue weighted by Crippen LogP contribution is -2.29. The van der Waals surface area contributed by atoms with Crippen LogP contribution in [0.15, 0.2) is 137 Å². The van der Waals surface area contributed by atoms with Crippen LogP contribution in [0.3, 0.4) is 0 Å². The predicted octanol–water partition coefficient (Wildman–Crippen LogP) is 36.1. The maximum atomic E-state index is 3.46. The first-order valence-corrected chi connectivity index (χ1v) is 48.3. The van der Waals surface area contributed by atoms with E-state index in [1.54, 1.807) is 24.3 Å². The fourth-order valence-electron chi connectivity index (χ4n) is 9.80. The van der Waals surface area contributed by atoms with E-state index in [1.165, 1.54) is 295 Å². The van der Waals surface area contributed by atoms with Gasteiger partial charge in [0.25, 0.3) is 0 Å². The molecule has 684 valence electrons. The van der Waals surface area contributed by atoms with Crippen LogP contribution in [0.5, 0.6) is 0 Å². The van der Waals surface area contributed by atoms with Crippen LogP contribution in [0.2, 0.25) is 0 Å². The van der Waals surface area contributed by atoms with E-state index >= 15 is 0 Å². The largest absolute Gasteiger partial charge is 0.306 e. The Balaban J connectivity index is -0.0000000696. The zero-order chi connectivity index (χ0) is 90.5. The fourth-order valence-corrected chi connectivity index (χ4v) is 9.80. The highest BCUT2D eigenvalue weighted by Gasteiger charge is 2.17. The minimum absolute atomic E-state index is 1.02. The van der Waals surface area contributed by atoms with Crippen molar-refractivity contribution < 1.29 is 0 Å². The molecule has 6 aliphatic rings. The van der Waals surface area contributed by atoms with E-state index in [0.717, 1.165) is 30.1 Å². The van der Waals surface area contributed by atoms with Crippen molar-refractivity contribution in [1.82, 2.24) is 24.5 Å². The van der Waals surface area contributed by atoms with Crippen molar-refractivity contribution in [3.8, 4) is 0 Å². The molecule has 0 radical (unpaired) electrons. The first kappa shape index (κ1) is 145. The van der Waals surface area contributed by atoms with Crippen molar-refractivity contribution in [2.45, 2.75) is 434 Å².